The van der Waals surface area contributed by atoms with Gasteiger partial charge in [0.1, 0.15) is 0 Å². The molecule has 2 nitrogen and oxygen atoms in total. The van der Waals surface area contributed by atoms with Gasteiger partial charge in [0, 0.05) is 11.6 Å². The van der Waals surface area contributed by atoms with Gasteiger partial charge in [-0.3, -0.25) is 0 Å². The average Bonchev–Trinajstić information content (AvgIpc) is 2.15. The molecule has 0 aliphatic carbocycles. The van der Waals surface area contributed by atoms with E-state index in [0.29, 0.717) is 0 Å². The van der Waals surface area contributed by atoms with Crippen LogP contribution >= 0.6 is 0 Å². The van der Waals surface area contributed by atoms with Crippen LogP contribution in [-0.4, -0.2) is 12.6 Å². The fourth-order valence-corrected chi connectivity index (χ4v) is 1.68. The van der Waals surface area contributed by atoms with Gasteiger partial charge in [-0.05, 0) is 45.4 Å². The molecular formula is C13H20FNO. The van der Waals surface area contributed by atoms with E-state index in [1.165, 1.54) is 13.2 Å². The topological polar surface area (TPSA) is 21.3 Å². The molecule has 0 amide bonds. The first kappa shape index (κ1) is 13.0. The highest BCUT2D eigenvalue weighted by molar-refractivity contribution is 5.30. The monoisotopic (exact) mass is 225 g/mol. The predicted molar refractivity (Wildman–Crippen MR) is 64.3 cm³/mol. The summed E-state index contributed by atoms with van der Waals surface area (Å²) in [6.45, 7) is 8.28. The first-order valence-corrected chi connectivity index (χ1v) is 5.44. The van der Waals surface area contributed by atoms with Crippen molar-refractivity contribution in [3.8, 4) is 5.75 Å². The summed E-state index contributed by atoms with van der Waals surface area (Å²) in [4.78, 5) is 0. The molecule has 0 aliphatic heterocycles. The van der Waals surface area contributed by atoms with Crippen LogP contribution in [-0.2, 0) is 0 Å². The van der Waals surface area contributed by atoms with Gasteiger partial charge >= 0.3 is 0 Å². The molecule has 1 rings (SSSR count). The van der Waals surface area contributed by atoms with Gasteiger partial charge in [0.25, 0.3) is 0 Å². The van der Waals surface area contributed by atoms with Crippen LogP contribution in [0.5, 0.6) is 5.75 Å². The van der Waals surface area contributed by atoms with Crippen LogP contribution in [0.1, 0.15) is 39.3 Å². The molecule has 0 spiro atoms. The summed E-state index contributed by atoms with van der Waals surface area (Å²) in [7, 11) is 1.47. The Morgan fingerprint density at radius 3 is 2.38 bits per heavy atom. The van der Waals surface area contributed by atoms with Crippen LogP contribution in [0.25, 0.3) is 0 Å². The van der Waals surface area contributed by atoms with Crippen molar-refractivity contribution in [2.24, 2.45) is 0 Å². The van der Waals surface area contributed by atoms with Crippen molar-refractivity contribution in [2.75, 3.05) is 7.11 Å². The summed E-state index contributed by atoms with van der Waals surface area (Å²) >= 11 is 0. The Balaban J connectivity index is 2.85. The third kappa shape index (κ3) is 3.49. The minimum atomic E-state index is -0.317. The summed E-state index contributed by atoms with van der Waals surface area (Å²) in [5.41, 5.74) is 0.934. The Morgan fingerprint density at radius 2 is 1.94 bits per heavy atom. The van der Waals surface area contributed by atoms with E-state index >= 15 is 0 Å². The van der Waals surface area contributed by atoms with Crippen LogP contribution in [0.2, 0.25) is 0 Å². The largest absolute Gasteiger partial charge is 0.494 e. The lowest BCUT2D eigenvalue weighted by atomic mass is 10.0. The average molecular weight is 225 g/mol. The molecule has 0 aromatic heterocycles. The second-order valence-electron chi connectivity index (χ2n) is 5.01. The van der Waals surface area contributed by atoms with E-state index in [0.717, 1.165) is 5.56 Å². The van der Waals surface area contributed by atoms with E-state index in [2.05, 4.69) is 26.1 Å². The van der Waals surface area contributed by atoms with Crippen molar-refractivity contribution in [3.05, 3.63) is 29.6 Å². The number of ether oxygens (including phenoxy) is 1. The number of hydrogen-bond acceptors (Lipinski definition) is 2. The third-order valence-corrected chi connectivity index (χ3v) is 2.33. The highest BCUT2D eigenvalue weighted by Gasteiger charge is 2.16. The highest BCUT2D eigenvalue weighted by atomic mass is 19.1. The van der Waals surface area contributed by atoms with E-state index in [4.69, 9.17) is 4.74 Å². The molecule has 0 radical (unpaired) electrons. The summed E-state index contributed by atoms with van der Waals surface area (Å²) < 4.78 is 18.4. The first-order valence-electron chi connectivity index (χ1n) is 5.44. The Kier molecular flexibility index (Phi) is 3.92. The quantitative estimate of drug-likeness (QED) is 0.852. The van der Waals surface area contributed by atoms with Crippen LogP contribution < -0.4 is 10.1 Å². The zero-order valence-electron chi connectivity index (χ0n) is 10.6. The molecule has 3 heteroatoms. The Morgan fingerprint density at radius 1 is 1.31 bits per heavy atom. The highest BCUT2D eigenvalue weighted by Crippen LogP contribution is 2.22. The molecular weight excluding hydrogens is 205 g/mol. The normalized spacial score (nSPS) is 13.6. The molecule has 0 bridgehead atoms. The second-order valence-corrected chi connectivity index (χ2v) is 5.01. The lowest BCUT2D eigenvalue weighted by Gasteiger charge is -2.26. The van der Waals surface area contributed by atoms with Gasteiger partial charge < -0.3 is 10.1 Å². The van der Waals surface area contributed by atoms with Crippen molar-refractivity contribution >= 4 is 0 Å². The van der Waals surface area contributed by atoms with Crippen molar-refractivity contribution in [1.82, 2.24) is 5.32 Å². The standard InChI is InChI=1S/C13H20FNO/c1-9(15-13(2,3)4)10-6-7-12(16-5)11(14)8-10/h6-9,15H,1-5H3/t9-/m0/s1. The minimum absolute atomic E-state index is 0.00974. The zero-order valence-corrected chi connectivity index (χ0v) is 10.6. The van der Waals surface area contributed by atoms with E-state index in [1.54, 1.807) is 6.07 Å². The van der Waals surface area contributed by atoms with Crippen LogP contribution in [0.15, 0.2) is 18.2 Å². The van der Waals surface area contributed by atoms with E-state index in [9.17, 15) is 4.39 Å². The maximum Gasteiger partial charge on any atom is 0.165 e. The SMILES string of the molecule is COc1ccc([C@H](C)NC(C)(C)C)cc1F. The smallest absolute Gasteiger partial charge is 0.165 e. The Labute approximate surface area is 96.8 Å². The van der Waals surface area contributed by atoms with Crippen LogP contribution in [0.4, 0.5) is 4.39 Å². The van der Waals surface area contributed by atoms with Crippen molar-refractivity contribution < 1.29 is 9.13 Å². The number of benzene rings is 1. The van der Waals surface area contributed by atoms with Gasteiger partial charge in [-0.25, -0.2) is 4.39 Å². The number of methoxy groups -OCH3 is 1. The summed E-state index contributed by atoms with van der Waals surface area (Å²) in [5.74, 6) is -0.0331. The van der Waals surface area contributed by atoms with Crippen LogP contribution in [0, 0.1) is 5.82 Å². The molecule has 1 atom stereocenters. The summed E-state index contributed by atoms with van der Waals surface area (Å²) in [6.07, 6.45) is 0. The maximum atomic E-state index is 13.5. The van der Waals surface area contributed by atoms with E-state index < -0.39 is 0 Å². The number of halogens is 1. The molecule has 0 aliphatic rings. The fourth-order valence-electron chi connectivity index (χ4n) is 1.68. The lowest BCUT2D eigenvalue weighted by Crippen LogP contribution is -2.37. The zero-order chi connectivity index (χ0) is 12.3. The molecule has 1 aromatic carbocycles. The van der Waals surface area contributed by atoms with Gasteiger partial charge in [0.05, 0.1) is 7.11 Å². The lowest BCUT2D eigenvalue weighted by molar-refractivity contribution is 0.372. The molecule has 0 heterocycles. The molecule has 1 aromatic rings. The Hall–Kier alpha value is -1.09. The molecule has 0 unspecified atom stereocenters. The van der Waals surface area contributed by atoms with Gasteiger partial charge in [-0.15, -0.1) is 0 Å². The van der Waals surface area contributed by atoms with Crippen molar-refractivity contribution in [2.45, 2.75) is 39.3 Å². The summed E-state index contributed by atoms with van der Waals surface area (Å²) in [6, 6.07) is 5.17. The predicted octanol–water partition coefficient (Wildman–Crippen LogP) is 3.28. The van der Waals surface area contributed by atoms with Gasteiger partial charge in [-0.1, -0.05) is 6.07 Å². The molecule has 1 N–H and O–H groups in total. The van der Waals surface area contributed by atoms with E-state index in [-0.39, 0.29) is 23.1 Å². The molecule has 16 heavy (non-hydrogen) atoms. The van der Waals surface area contributed by atoms with E-state index in [1.807, 2.05) is 13.0 Å². The molecule has 0 saturated heterocycles. The Bertz CT molecular complexity index is 357. The van der Waals surface area contributed by atoms with Crippen molar-refractivity contribution in [3.63, 3.8) is 0 Å². The summed E-state index contributed by atoms with van der Waals surface area (Å²) in [5, 5.41) is 3.39. The molecule has 0 fully saturated rings. The van der Waals surface area contributed by atoms with Gasteiger partial charge in [0.15, 0.2) is 11.6 Å². The number of hydrogen-bond donors (Lipinski definition) is 1. The second kappa shape index (κ2) is 4.83. The number of nitrogens with one attached hydrogen (secondary N) is 1. The van der Waals surface area contributed by atoms with Crippen LogP contribution in [0.3, 0.4) is 0 Å². The minimum Gasteiger partial charge on any atom is -0.494 e. The fraction of sp³-hybridized carbons (Fsp3) is 0.538. The number of rotatable bonds is 3. The molecule has 90 valence electrons. The third-order valence-electron chi connectivity index (χ3n) is 2.33. The molecule has 0 saturated carbocycles. The van der Waals surface area contributed by atoms with Gasteiger partial charge in [-0.2, -0.15) is 0 Å². The van der Waals surface area contributed by atoms with Gasteiger partial charge in [0.2, 0.25) is 0 Å². The van der Waals surface area contributed by atoms with Crippen molar-refractivity contribution in [1.29, 1.82) is 0 Å². The first-order chi connectivity index (χ1) is 7.33. The maximum absolute atomic E-state index is 13.5.